The van der Waals surface area contributed by atoms with Gasteiger partial charge < -0.3 is 19.3 Å². The number of aliphatic hydroxyl groups is 1. The first kappa shape index (κ1) is 14.9. The van der Waals surface area contributed by atoms with Crippen LogP contribution in [0, 0.1) is 0 Å². The van der Waals surface area contributed by atoms with Crippen molar-refractivity contribution < 1.29 is 19.3 Å². The summed E-state index contributed by atoms with van der Waals surface area (Å²) >= 11 is 0. The Bertz CT molecular complexity index is 168. The van der Waals surface area contributed by atoms with Gasteiger partial charge in [-0.15, -0.1) is 0 Å². The van der Waals surface area contributed by atoms with Crippen molar-refractivity contribution in [3.8, 4) is 0 Å². The second-order valence-corrected chi connectivity index (χ2v) is 4.55. The molecule has 1 fully saturated rings. The monoisotopic (exact) mass is 246 g/mol. The van der Waals surface area contributed by atoms with E-state index in [1.165, 1.54) is 0 Å². The van der Waals surface area contributed by atoms with E-state index in [0.717, 1.165) is 25.7 Å². The van der Waals surface area contributed by atoms with Gasteiger partial charge in [0, 0.05) is 13.2 Å². The maximum absolute atomic E-state index is 10.1. The fraction of sp³-hybridized carbons (Fsp3) is 1.00. The quantitative estimate of drug-likeness (QED) is 0.663. The molecule has 0 aromatic rings. The van der Waals surface area contributed by atoms with E-state index in [2.05, 4.69) is 13.8 Å². The minimum absolute atomic E-state index is 0.234. The van der Waals surface area contributed by atoms with Crippen molar-refractivity contribution in [1.29, 1.82) is 0 Å². The number of aliphatic hydroxyl groups excluding tert-OH is 1. The lowest BCUT2D eigenvalue weighted by Gasteiger charge is -2.34. The van der Waals surface area contributed by atoms with E-state index in [9.17, 15) is 5.11 Å². The highest BCUT2D eigenvalue weighted by Crippen LogP contribution is 2.16. The molecule has 4 heteroatoms. The lowest BCUT2D eigenvalue weighted by atomic mass is 10.1. The predicted octanol–water partition coefficient (Wildman–Crippen LogP) is 1.75. The Morgan fingerprint density at radius 1 is 1.00 bits per heavy atom. The van der Waals surface area contributed by atoms with E-state index in [-0.39, 0.29) is 12.2 Å². The number of rotatable bonds is 8. The molecule has 0 aromatic carbocycles. The molecule has 0 spiro atoms. The lowest BCUT2D eigenvalue weighted by molar-refractivity contribution is -0.185. The zero-order valence-electron chi connectivity index (χ0n) is 11.1. The smallest absolute Gasteiger partial charge is 0.111 e. The van der Waals surface area contributed by atoms with Crippen LogP contribution in [0.15, 0.2) is 0 Å². The summed E-state index contributed by atoms with van der Waals surface area (Å²) in [6.45, 7) is 6.55. The molecule has 1 N–H and O–H groups in total. The Hall–Kier alpha value is -0.160. The van der Waals surface area contributed by atoms with Gasteiger partial charge in [-0.2, -0.15) is 0 Å². The van der Waals surface area contributed by atoms with Gasteiger partial charge >= 0.3 is 0 Å². The maximum atomic E-state index is 10.1. The molecule has 1 rings (SSSR count). The first-order valence-corrected chi connectivity index (χ1v) is 6.78. The van der Waals surface area contributed by atoms with E-state index in [1.807, 2.05) is 0 Å². The van der Waals surface area contributed by atoms with Crippen molar-refractivity contribution in [3.63, 3.8) is 0 Å². The molecule has 102 valence electrons. The summed E-state index contributed by atoms with van der Waals surface area (Å²) in [5.74, 6) is 0. The van der Waals surface area contributed by atoms with Gasteiger partial charge in [-0.3, -0.25) is 0 Å². The molecule has 0 aliphatic carbocycles. The maximum Gasteiger partial charge on any atom is 0.111 e. The average Bonchev–Trinajstić information content (AvgIpc) is 2.34. The molecule has 17 heavy (non-hydrogen) atoms. The summed E-state index contributed by atoms with van der Waals surface area (Å²) in [4.78, 5) is 0. The van der Waals surface area contributed by atoms with Gasteiger partial charge in [0.2, 0.25) is 0 Å². The van der Waals surface area contributed by atoms with Gasteiger partial charge in [0.15, 0.2) is 0 Å². The molecule has 0 aromatic heterocycles. The van der Waals surface area contributed by atoms with E-state index in [0.29, 0.717) is 26.4 Å². The standard InChI is InChI=1S/C13H26O4/c1-3-5-7-16-11-9-15-10-12(13(11)14)17-8-6-4-2/h11-14H,3-10H2,1-2H3/t11-,12?,13?/m1/s1. The van der Waals surface area contributed by atoms with Crippen LogP contribution in [-0.2, 0) is 14.2 Å². The Balaban J connectivity index is 2.26. The molecular formula is C13H26O4. The van der Waals surface area contributed by atoms with Gasteiger partial charge in [-0.25, -0.2) is 0 Å². The van der Waals surface area contributed by atoms with Crippen molar-refractivity contribution in [2.75, 3.05) is 26.4 Å². The number of hydrogen-bond donors (Lipinski definition) is 1. The fourth-order valence-corrected chi connectivity index (χ4v) is 1.79. The molecule has 0 radical (unpaired) electrons. The SMILES string of the molecule is CCCCOC1COC[C@@H](OCCCC)C1O. The highest BCUT2D eigenvalue weighted by Gasteiger charge is 2.33. The fourth-order valence-electron chi connectivity index (χ4n) is 1.79. The summed E-state index contributed by atoms with van der Waals surface area (Å²) in [5.41, 5.74) is 0. The summed E-state index contributed by atoms with van der Waals surface area (Å²) in [5, 5.41) is 10.1. The van der Waals surface area contributed by atoms with Crippen molar-refractivity contribution in [2.45, 2.75) is 57.8 Å². The second-order valence-electron chi connectivity index (χ2n) is 4.55. The normalized spacial score (nSPS) is 29.5. The van der Waals surface area contributed by atoms with Crippen LogP contribution in [0.5, 0.6) is 0 Å². The minimum Gasteiger partial charge on any atom is -0.388 e. The molecule has 2 unspecified atom stereocenters. The molecule has 1 heterocycles. The van der Waals surface area contributed by atoms with Crippen molar-refractivity contribution in [2.24, 2.45) is 0 Å². The van der Waals surface area contributed by atoms with E-state index < -0.39 is 6.10 Å². The van der Waals surface area contributed by atoms with Crippen LogP contribution >= 0.6 is 0 Å². The van der Waals surface area contributed by atoms with Gasteiger partial charge in [0.25, 0.3) is 0 Å². The van der Waals surface area contributed by atoms with Crippen molar-refractivity contribution in [3.05, 3.63) is 0 Å². The molecule has 0 bridgehead atoms. The van der Waals surface area contributed by atoms with Crippen LogP contribution in [0.25, 0.3) is 0 Å². The number of ether oxygens (including phenoxy) is 3. The van der Waals surface area contributed by atoms with Crippen molar-refractivity contribution >= 4 is 0 Å². The van der Waals surface area contributed by atoms with Crippen LogP contribution < -0.4 is 0 Å². The molecule has 0 amide bonds. The lowest BCUT2D eigenvalue weighted by Crippen LogP contribution is -2.50. The zero-order valence-corrected chi connectivity index (χ0v) is 11.1. The van der Waals surface area contributed by atoms with Crippen LogP contribution in [-0.4, -0.2) is 49.8 Å². The summed E-state index contributed by atoms with van der Waals surface area (Å²) in [6, 6.07) is 0. The number of hydrogen-bond acceptors (Lipinski definition) is 4. The third-order valence-corrected chi connectivity index (χ3v) is 2.99. The molecule has 1 aliphatic heterocycles. The van der Waals surface area contributed by atoms with E-state index in [1.54, 1.807) is 0 Å². The molecule has 3 atom stereocenters. The molecule has 1 saturated heterocycles. The molecule has 0 saturated carbocycles. The molecular weight excluding hydrogens is 220 g/mol. The van der Waals surface area contributed by atoms with Gasteiger partial charge in [0.1, 0.15) is 18.3 Å². The third-order valence-electron chi connectivity index (χ3n) is 2.99. The van der Waals surface area contributed by atoms with Gasteiger partial charge in [0.05, 0.1) is 13.2 Å². The average molecular weight is 246 g/mol. The van der Waals surface area contributed by atoms with Crippen LogP contribution in [0.1, 0.15) is 39.5 Å². The van der Waals surface area contributed by atoms with Crippen molar-refractivity contribution in [1.82, 2.24) is 0 Å². The first-order valence-electron chi connectivity index (χ1n) is 6.78. The highest BCUT2D eigenvalue weighted by molar-refractivity contribution is 4.82. The summed E-state index contributed by atoms with van der Waals surface area (Å²) in [7, 11) is 0. The van der Waals surface area contributed by atoms with E-state index in [4.69, 9.17) is 14.2 Å². The van der Waals surface area contributed by atoms with Crippen LogP contribution in [0.4, 0.5) is 0 Å². The second kappa shape index (κ2) is 8.86. The minimum atomic E-state index is -0.558. The highest BCUT2D eigenvalue weighted by atomic mass is 16.6. The molecule has 4 nitrogen and oxygen atoms in total. The Kier molecular flexibility index (Phi) is 7.77. The first-order chi connectivity index (χ1) is 8.29. The summed E-state index contributed by atoms with van der Waals surface area (Å²) < 4.78 is 16.7. The van der Waals surface area contributed by atoms with Gasteiger partial charge in [-0.1, -0.05) is 26.7 Å². The van der Waals surface area contributed by atoms with Crippen LogP contribution in [0.2, 0.25) is 0 Å². The van der Waals surface area contributed by atoms with E-state index >= 15 is 0 Å². The van der Waals surface area contributed by atoms with Crippen LogP contribution in [0.3, 0.4) is 0 Å². The Morgan fingerprint density at radius 3 is 1.88 bits per heavy atom. The Labute approximate surface area is 104 Å². The van der Waals surface area contributed by atoms with Gasteiger partial charge in [-0.05, 0) is 12.8 Å². The largest absolute Gasteiger partial charge is 0.388 e. The Morgan fingerprint density at radius 2 is 1.47 bits per heavy atom. The zero-order chi connectivity index (χ0) is 12.5. The summed E-state index contributed by atoms with van der Waals surface area (Å²) in [6.07, 6.45) is 3.20. The number of unbranched alkanes of at least 4 members (excludes halogenated alkanes) is 2. The topological polar surface area (TPSA) is 47.9 Å². The third kappa shape index (κ3) is 5.34. The molecule has 1 aliphatic rings. The predicted molar refractivity (Wildman–Crippen MR) is 66.1 cm³/mol.